The fourth-order valence-corrected chi connectivity index (χ4v) is 2.59. The highest BCUT2D eigenvalue weighted by molar-refractivity contribution is 5.50. The predicted molar refractivity (Wildman–Crippen MR) is 74.4 cm³/mol. The maximum absolute atomic E-state index is 13.8. The van der Waals surface area contributed by atoms with E-state index in [1.54, 1.807) is 6.07 Å². The number of hydrogen-bond acceptors (Lipinski definition) is 3. The smallest absolute Gasteiger partial charge is 0.183 e. The Morgan fingerprint density at radius 3 is 2.60 bits per heavy atom. The van der Waals surface area contributed by atoms with Gasteiger partial charge in [-0.25, -0.2) is 8.78 Å². The van der Waals surface area contributed by atoms with E-state index in [9.17, 15) is 8.78 Å². The lowest BCUT2D eigenvalue weighted by molar-refractivity contribution is 0.223. The number of rotatable bonds is 4. The van der Waals surface area contributed by atoms with Gasteiger partial charge in [-0.1, -0.05) is 6.42 Å². The van der Waals surface area contributed by atoms with Gasteiger partial charge in [-0.15, -0.1) is 0 Å². The summed E-state index contributed by atoms with van der Waals surface area (Å²) in [6.45, 7) is 4.89. The summed E-state index contributed by atoms with van der Waals surface area (Å²) in [5.41, 5.74) is -0.150. The fourth-order valence-electron chi connectivity index (χ4n) is 2.59. The average Bonchev–Trinajstić information content (AvgIpc) is 2.45. The highest BCUT2D eigenvalue weighted by Gasteiger charge is 2.17. The van der Waals surface area contributed by atoms with E-state index in [0.29, 0.717) is 0 Å². The Bertz CT molecular complexity index is 505. The molecular weight excluding hydrogens is 260 g/mol. The third kappa shape index (κ3) is 3.45. The monoisotopic (exact) mass is 279 g/mol. The summed E-state index contributed by atoms with van der Waals surface area (Å²) in [5, 5.41) is 11.6. The Labute approximate surface area is 118 Å². The van der Waals surface area contributed by atoms with Gasteiger partial charge < -0.3 is 10.2 Å². The third-order valence-electron chi connectivity index (χ3n) is 3.59. The van der Waals surface area contributed by atoms with E-state index in [0.717, 1.165) is 19.6 Å². The molecule has 1 N–H and O–H groups in total. The predicted octanol–water partition coefficient (Wildman–Crippen LogP) is 3.12. The number of piperidine rings is 1. The van der Waals surface area contributed by atoms with Crippen LogP contribution in [0.15, 0.2) is 12.1 Å². The zero-order valence-electron chi connectivity index (χ0n) is 11.6. The van der Waals surface area contributed by atoms with Gasteiger partial charge in [0.2, 0.25) is 0 Å². The zero-order chi connectivity index (χ0) is 14.5. The molecule has 1 heterocycles. The molecule has 0 radical (unpaired) electrons. The van der Waals surface area contributed by atoms with Gasteiger partial charge in [0, 0.05) is 12.6 Å². The number of nitrogens with zero attached hydrogens (tertiary/aromatic N) is 2. The molecule has 1 fully saturated rings. The molecule has 0 saturated carbocycles. The standard InChI is InChI=1S/C15H19F2N3/c1-11(10-20-7-3-2-4-8-20)19-13-6-5-12(9-18)14(16)15(13)17/h5-6,11,19H,2-4,7-8,10H2,1H3. The van der Waals surface area contributed by atoms with Crippen molar-refractivity contribution in [3.05, 3.63) is 29.3 Å². The van der Waals surface area contributed by atoms with Gasteiger partial charge in [0.05, 0.1) is 11.3 Å². The summed E-state index contributed by atoms with van der Waals surface area (Å²) in [7, 11) is 0. The lowest BCUT2D eigenvalue weighted by atomic mass is 10.1. The molecule has 1 aliphatic heterocycles. The molecule has 1 unspecified atom stereocenters. The lowest BCUT2D eigenvalue weighted by Gasteiger charge is -2.29. The minimum Gasteiger partial charge on any atom is -0.379 e. The van der Waals surface area contributed by atoms with Crippen LogP contribution < -0.4 is 5.32 Å². The lowest BCUT2D eigenvalue weighted by Crippen LogP contribution is -2.38. The highest BCUT2D eigenvalue weighted by atomic mass is 19.2. The SMILES string of the molecule is CC(CN1CCCCC1)Nc1ccc(C#N)c(F)c1F. The van der Waals surface area contributed by atoms with Crippen LogP contribution in [0.3, 0.4) is 0 Å². The van der Waals surface area contributed by atoms with E-state index in [2.05, 4.69) is 10.2 Å². The van der Waals surface area contributed by atoms with Crippen LogP contribution in [0, 0.1) is 23.0 Å². The van der Waals surface area contributed by atoms with Crippen LogP contribution in [0.25, 0.3) is 0 Å². The number of anilines is 1. The van der Waals surface area contributed by atoms with E-state index in [-0.39, 0.29) is 17.3 Å². The molecule has 2 rings (SSSR count). The van der Waals surface area contributed by atoms with Crippen molar-refractivity contribution in [1.29, 1.82) is 5.26 Å². The molecule has 0 aromatic heterocycles. The van der Waals surface area contributed by atoms with Crippen molar-refractivity contribution >= 4 is 5.69 Å². The van der Waals surface area contributed by atoms with Crippen molar-refractivity contribution in [2.75, 3.05) is 25.0 Å². The normalized spacial score (nSPS) is 17.5. The van der Waals surface area contributed by atoms with E-state index >= 15 is 0 Å². The van der Waals surface area contributed by atoms with Crippen molar-refractivity contribution in [3.8, 4) is 6.07 Å². The van der Waals surface area contributed by atoms with Gasteiger partial charge in [0.25, 0.3) is 0 Å². The van der Waals surface area contributed by atoms with E-state index in [4.69, 9.17) is 5.26 Å². The molecule has 1 aliphatic rings. The molecule has 3 nitrogen and oxygen atoms in total. The van der Waals surface area contributed by atoms with Crippen LogP contribution in [0.4, 0.5) is 14.5 Å². The van der Waals surface area contributed by atoms with Crippen molar-refractivity contribution in [3.63, 3.8) is 0 Å². The van der Waals surface area contributed by atoms with Gasteiger partial charge in [-0.3, -0.25) is 0 Å². The summed E-state index contributed by atoms with van der Waals surface area (Å²) < 4.78 is 27.3. The highest BCUT2D eigenvalue weighted by Crippen LogP contribution is 2.21. The number of nitriles is 1. The topological polar surface area (TPSA) is 39.1 Å². The first-order chi connectivity index (χ1) is 9.61. The third-order valence-corrected chi connectivity index (χ3v) is 3.59. The number of hydrogen-bond donors (Lipinski definition) is 1. The molecule has 0 bridgehead atoms. The Balaban J connectivity index is 1.99. The summed E-state index contributed by atoms with van der Waals surface area (Å²) >= 11 is 0. The second kappa shape index (κ2) is 6.67. The second-order valence-electron chi connectivity index (χ2n) is 5.31. The molecule has 5 heteroatoms. The van der Waals surface area contributed by atoms with E-state index < -0.39 is 11.6 Å². The van der Waals surface area contributed by atoms with Gasteiger partial charge in [-0.2, -0.15) is 5.26 Å². The largest absolute Gasteiger partial charge is 0.379 e. The molecule has 108 valence electrons. The molecule has 20 heavy (non-hydrogen) atoms. The van der Waals surface area contributed by atoms with Crippen LogP contribution in [0.2, 0.25) is 0 Å². The van der Waals surface area contributed by atoms with Crippen LogP contribution in [0.5, 0.6) is 0 Å². The summed E-state index contributed by atoms with van der Waals surface area (Å²) in [6, 6.07) is 4.37. The Morgan fingerprint density at radius 2 is 1.95 bits per heavy atom. The minimum atomic E-state index is -1.08. The van der Waals surface area contributed by atoms with Gasteiger partial charge in [-0.05, 0) is 45.0 Å². The number of benzene rings is 1. The van der Waals surface area contributed by atoms with Crippen molar-refractivity contribution in [2.24, 2.45) is 0 Å². The maximum Gasteiger partial charge on any atom is 0.183 e. The van der Waals surface area contributed by atoms with Crippen LogP contribution in [-0.4, -0.2) is 30.6 Å². The molecule has 1 atom stereocenters. The van der Waals surface area contributed by atoms with Crippen molar-refractivity contribution in [2.45, 2.75) is 32.2 Å². The summed E-state index contributed by atoms with van der Waals surface area (Å²) in [4.78, 5) is 2.33. The zero-order valence-corrected chi connectivity index (χ0v) is 11.6. The summed E-state index contributed by atoms with van der Waals surface area (Å²) in [5.74, 6) is -2.06. The Morgan fingerprint density at radius 1 is 1.25 bits per heavy atom. The quantitative estimate of drug-likeness (QED) is 0.920. The number of likely N-dealkylation sites (tertiary alicyclic amines) is 1. The summed E-state index contributed by atoms with van der Waals surface area (Å²) in [6.07, 6.45) is 3.67. The molecule has 0 aliphatic carbocycles. The van der Waals surface area contributed by atoms with E-state index in [1.165, 1.54) is 31.4 Å². The molecule has 1 aromatic rings. The number of nitrogens with one attached hydrogen (secondary N) is 1. The molecule has 0 spiro atoms. The minimum absolute atomic E-state index is 0.0231. The first-order valence-electron chi connectivity index (χ1n) is 6.99. The van der Waals surface area contributed by atoms with Gasteiger partial charge >= 0.3 is 0 Å². The first kappa shape index (κ1) is 14.7. The first-order valence-corrected chi connectivity index (χ1v) is 6.99. The van der Waals surface area contributed by atoms with Gasteiger partial charge in [0.15, 0.2) is 11.6 Å². The average molecular weight is 279 g/mol. The van der Waals surface area contributed by atoms with Crippen LogP contribution >= 0.6 is 0 Å². The van der Waals surface area contributed by atoms with Crippen LogP contribution in [-0.2, 0) is 0 Å². The fraction of sp³-hybridized carbons (Fsp3) is 0.533. The Kier molecular flexibility index (Phi) is 4.91. The maximum atomic E-state index is 13.8. The second-order valence-corrected chi connectivity index (χ2v) is 5.31. The van der Waals surface area contributed by atoms with Crippen molar-refractivity contribution < 1.29 is 8.78 Å². The van der Waals surface area contributed by atoms with Crippen LogP contribution in [0.1, 0.15) is 31.7 Å². The molecule has 1 aromatic carbocycles. The molecule has 1 saturated heterocycles. The number of halogens is 2. The van der Waals surface area contributed by atoms with Gasteiger partial charge in [0.1, 0.15) is 6.07 Å². The van der Waals surface area contributed by atoms with Crippen molar-refractivity contribution in [1.82, 2.24) is 4.90 Å². The van der Waals surface area contributed by atoms with E-state index in [1.807, 2.05) is 6.92 Å². The molecule has 0 amide bonds. The molecular formula is C15H19F2N3. The Hall–Kier alpha value is -1.67.